The summed E-state index contributed by atoms with van der Waals surface area (Å²) in [5, 5.41) is 5.84. The highest BCUT2D eigenvalue weighted by Crippen LogP contribution is 2.28. The van der Waals surface area contributed by atoms with Crippen LogP contribution in [0.4, 0.5) is 15.8 Å². The van der Waals surface area contributed by atoms with Crippen molar-refractivity contribution in [3.63, 3.8) is 0 Å². The Morgan fingerprint density at radius 2 is 1.95 bits per heavy atom. The second-order valence-electron chi connectivity index (χ2n) is 5.20. The van der Waals surface area contributed by atoms with Crippen LogP contribution in [0.3, 0.4) is 0 Å². The number of carbonyl (C=O) groups is 1. The van der Waals surface area contributed by atoms with Gasteiger partial charge in [-0.3, -0.25) is 4.79 Å². The number of rotatable bonds is 4. The maximum Gasteiger partial charge on any atom is 0.224 e. The van der Waals surface area contributed by atoms with Crippen molar-refractivity contribution in [2.24, 2.45) is 0 Å². The SMILES string of the molecule is O=C1CCc2cc(NCCc3ccccc3)c(F)cc2N1. The third-order valence-electron chi connectivity index (χ3n) is 3.66. The summed E-state index contributed by atoms with van der Waals surface area (Å²) in [4.78, 5) is 11.3. The molecule has 2 aromatic carbocycles. The molecule has 0 saturated carbocycles. The molecule has 0 aliphatic carbocycles. The largest absolute Gasteiger partial charge is 0.382 e. The van der Waals surface area contributed by atoms with E-state index in [4.69, 9.17) is 0 Å². The fourth-order valence-corrected chi connectivity index (χ4v) is 2.52. The van der Waals surface area contributed by atoms with Gasteiger partial charge in [-0.05, 0) is 36.1 Å². The van der Waals surface area contributed by atoms with Gasteiger partial charge in [0.05, 0.1) is 5.69 Å². The number of amides is 1. The number of nitrogens with one attached hydrogen (secondary N) is 2. The van der Waals surface area contributed by atoms with Crippen molar-refractivity contribution in [3.05, 3.63) is 59.4 Å². The standard InChI is InChI=1S/C17H17FN2O/c18-14-11-15-13(6-7-17(21)20-15)10-16(14)19-9-8-12-4-2-1-3-5-12/h1-5,10-11,19H,6-9H2,(H,20,21). The molecule has 1 aliphatic heterocycles. The van der Waals surface area contributed by atoms with Gasteiger partial charge in [0.25, 0.3) is 0 Å². The van der Waals surface area contributed by atoms with Crippen LogP contribution in [0.15, 0.2) is 42.5 Å². The van der Waals surface area contributed by atoms with E-state index >= 15 is 0 Å². The number of carbonyl (C=O) groups excluding carboxylic acids is 1. The zero-order valence-corrected chi connectivity index (χ0v) is 11.7. The quantitative estimate of drug-likeness (QED) is 0.904. The van der Waals surface area contributed by atoms with E-state index in [1.165, 1.54) is 11.6 Å². The zero-order chi connectivity index (χ0) is 14.7. The Kier molecular flexibility index (Phi) is 3.86. The Balaban J connectivity index is 1.67. The van der Waals surface area contributed by atoms with Crippen molar-refractivity contribution in [3.8, 4) is 0 Å². The molecule has 1 amide bonds. The summed E-state index contributed by atoms with van der Waals surface area (Å²) in [6, 6.07) is 13.3. The lowest BCUT2D eigenvalue weighted by molar-refractivity contribution is -0.116. The van der Waals surface area contributed by atoms with Gasteiger partial charge in [0, 0.05) is 18.7 Å². The van der Waals surface area contributed by atoms with Crippen LogP contribution in [-0.4, -0.2) is 12.5 Å². The van der Waals surface area contributed by atoms with Crippen LogP contribution in [0.25, 0.3) is 0 Å². The number of aryl methyl sites for hydroxylation is 1. The van der Waals surface area contributed by atoms with Crippen molar-refractivity contribution in [2.75, 3.05) is 17.2 Å². The van der Waals surface area contributed by atoms with Gasteiger partial charge in [-0.25, -0.2) is 4.39 Å². The summed E-state index contributed by atoms with van der Waals surface area (Å²) in [5.41, 5.74) is 3.30. The van der Waals surface area contributed by atoms with E-state index in [0.29, 0.717) is 30.8 Å². The fourth-order valence-electron chi connectivity index (χ4n) is 2.52. The molecule has 0 spiro atoms. The predicted molar refractivity (Wildman–Crippen MR) is 82.0 cm³/mol. The average molecular weight is 284 g/mol. The van der Waals surface area contributed by atoms with Crippen LogP contribution < -0.4 is 10.6 Å². The molecule has 0 saturated heterocycles. The van der Waals surface area contributed by atoms with Crippen LogP contribution in [0.2, 0.25) is 0 Å². The highest BCUT2D eigenvalue weighted by atomic mass is 19.1. The van der Waals surface area contributed by atoms with Crippen LogP contribution in [0.1, 0.15) is 17.5 Å². The first kappa shape index (κ1) is 13.6. The summed E-state index contributed by atoms with van der Waals surface area (Å²) in [6.45, 7) is 0.673. The van der Waals surface area contributed by atoms with Crippen LogP contribution in [0.5, 0.6) is 0 Å². The van der Waals surface area contributed by atoms with Crippen LogP contribution >= 0.6 is 0 Å². The van der Waals surface area contributed by atoms with Gasteiger partial charge in [-0.1, -0.05) is 30.3 Å². The third-order valence-corrected chi connectivity index (χ3v) is 3.66. The molecular weight excluding hydrogens is 267 g/mol. The molecule has 0 atom stereocenters. The normalized spacial score (nSPS) is 13.5. The lowest BCUT2D eigenvalue weighted by Gasteiger charge is -2.18. The number of halogens is 1. The molecule has 21 heavy (non-hydrogen) atoms. The van der Waals surface area contributed by atoms with Crippen molar-refractivity contribution in [1.29, 1.82) is 0 Å². The molecule has 2 N–H and O–H groups in total. The van der Waals surface area contributed by atoms with Gasteiger partial charge in [0.15, 0.2) is 0 Å². The highest BCUT2D eigenvalue weighted by molar-refractivity contribution is 5.94. The minimum Gasteiger partial charge on any atom is -0.382 e. The predicted octanol–water partition coefficient (Wildman–Crippen LogP) is 3.37. The molecule has 1 aliphatic rings. The summed E-state index contributed by atoms with van der Waals surface area (Å²) in [5.74, 6) is -0.379. The Morgan fingerprint density at radius 3 is 2.76 bits per heavy atom. The molecule has 1 heterocycles. The number of hydrogen-bond donors (Lipinski definition) is 2. The molecule has 3 rings (SSSR count). The summed E-state index contributed by atoms with van der Waals surface area (Å²) >= 11 is 0. The van der Waals surface area contributed by atoms with E-state index in [0.717, 1.165) is 12.0 Å². The van der Waals surface area contributed by atoms with Crippen molar-refractivity contribution in [2.45, 2.75) is 19.3 Å². The Labute approximate surface area is 123 Å². The first-order valence-electron chi connectivity index (χ1n) is 7.12. The maximum atomic E-state index is 14.0. The Hall–Kier alpha value is -2.36. The highest BCUT2D eigenvalue weighted by Gasteiger charge is 2.17. The van der Waals surface area contributed by atoms with Gasteiger partial charge in [-0.2, -0.15) is 0 Å². The Bertz CT molecular complexity index is 655. The van der Waals surface area contributed by atoms with Crippen molar-refractivity contribution >= 4 is 17.3 Å². The zero-order valence-electron chi connectivity index (χ0n) is 11.7. The lowest BCUT2D eigenvalue weighted by Crippen LogP contribution is -2.19. The minimum atomic E-state index is -0.330. The molecule has 0 fully saturated rings. The first-order valence-corrected chi connectivity index (χ1v) is 7.12. The second kappa shape index (κ2) is 5.95. The summed E-state index contributed by atoms with van der Waals surface area (Å²) < 4.78 is 14.0. The molecule has 3 nitrogen and oxygen atoms in total. The number of anilines is 2. The summed E-state index contributed by atoms with van der Waals surface area (Å²) in [7, 11) is 0. The molecule has 0 radical (unpaired) electrons. The van der Waals surface area contributed by atoms with E-state index in [-0.39, 0.29) is 11.7 Å². The minimum absolute atomic E-state index is 0.0494. The van der Waals surface area contributed by atoms with Gasteiger partial charge in [-0.15, -0.1) is 0 Å². The molecule has 0 aromatic heterocycles. The van der Waals surface area contributed by atoms with Gasteiger partial charge in [0.1, 0.15) is 5.82 Å². The molecule has 0 bridgehead atoms. The maximum absolute atomic E-state index is 14.0. The van der Waals surface area contributed by atoms with Crippen LogP contribution in [0, 0.1) is 5.82 Å². The van der Waals surface area contributed by atoms with Crippen molar-refractivity contribution in [1.82, 2.24) is 0 Å². The lowest BCUT2D eigenvalue weighted by atomic mass is 10.0. The van der Waals surface area contributed by atoms with E-state index in [1.807, 2.05) is 18.2 Å². The second-order valence-corrected chi connectivity index (χ2v) is 5.20. The molecule has 0 unspecified atom stereocenters. The molecule has 4 heteroatoms. The molecule has 2 aromatic rings. The van der Waals surface area contributed by atoms with Gasteiger partial charge < -0.3 is 10.6 Å². The fraction of sp³-hybridized carbons (Fsp3) is 0.235. The first-order chi connectivity index (χ1) is 10.2. The topological polar surface area (TPSA) is 41.1 Å². The van der Waals surface area contributed by atoms with Gasteiger partial charge in [0.2, 0.25) is 5.91 Å². The number of benzene rings is 2. The molecule has 108 valence electrons. The van der Waals surface area contributed by atoms with E-state index < -0.39 is 0 Å². The van der Waals surface area contributed by atoms with E-state index in [2.05, 4.69) is 22.8 Å². The smallest absolute Gasteiger partial charge is 0.224 e. The van der Waals surface area contributed by atoms with E-state index in [9.17, 15) is 9.18 Å². The summed E-state index contributed by atoms with van der Waals surface area (Å²) in [6.07, 6.45) is 1.96. The third kappa shape index (κ3) is 3.21. The molecular formula is C17H17FN2O. The average Bonchev–Trinajstić information content (AvgIpc) is 2.49. The number of fused-ring (bicyclic) bond motifs is 1. The van der Waals surface area contributed by atoms with Gasteiger partial charge >= 0.3 is 0 Å². The number of hydrogen-bond acceptors (Lipinski definition) is 2. The van der Waals surface area contributed by atoms with Crippen LogP contribution in [-0.2, 0) is 17.6 Å². The Morgan fingerprint density at radius 1 is 1.14 bits per heavy atom. The van der Waals surface area contributed by atoms with Crippen molar-refractivity contribution < 1.29 is 9.18 Å². The van der Waals surface area contributed by atoms with E-state index in [1.54, 1.807) is 6.07 Å². The monoisotopic (exact) mass is 284 g/mol.